The maximum atomic E-state index is 9.48. The van der Waals surface area contributed by atoms with Gasteiger partial charge in [0, 0.05) is 0 Å². The highest BCUT2D eigenvalue weighted by atomic mass is 35.5. The third kappa shape index (κ3) is 0.818. The lowest BCUT2D eigenvalue weighted by Gasteiger charge is -2.18. The Balaban J connectivity index is 1.86. The smallest absolute Gasteiger partial charge is 0.116 e. The van der Waals surface area contributed by atoms with Crippen molar-refractivity contribution < 1.29 is 19.7 Å². The zero-order valence-corrected chi connectivity index (χ0v) is 6.89. The Morgan fingerprint density at radius 2 is 1.42 bits per heavy atom. The number of ether oxygens (including phenoxy) is 2. The molecule has 68 valence electrons. The summed E-state index contributed by atoms with van der Waals surface area (Å²) in [7, 11) is 0. The molecule has 0 spiro atoms. The standard InChI is InChI=1S/C7H9ClO4/c8-1-2(9)3(10)5-7(12-5)6-4(1)11-6/h1-7,9-10H/t1-,2-,3-,4+,5-,6+,7-/m0/s1. The lowest BCUT2D eigenvalue weighted by molar-refractivity contribution is -0.00241. The number of fused-ring (bicyclic) bond motifs is 3. The Kier molecular flexibility index (Phi) is 1.34. The molecule has 0 aromatic rings. The number of aliphatic hydroxyl groups excluding tert-OH is 2. The van der Waals surface area contributed by atoms with E-state index in [1.807, 2.05) is 0 Å². The van der Waals surface area contributed by atoms with Gasteiger partial charge in [0.25, 0.3) is 0 Å². The van der Waals surface area contributed by atoms with Gasteiger partial charge in [-0.15, -0.1) is 11.6 Å². The topological polar surface area (TPSA) is 65.5 Å². The fourth-order valence-corrected chi connectivity index (χ4v) is 2.26. The summed E-state index contributed by atoms with van der Waals surface area (Å²) >= 11 is 5.85. The maximum absolute atomic E-state index is 9.48. The Morgan fingerprint density at radius 1 is 0.833 bits per heavy atom. The van der Waals surface area contributed by atoms with Crippen LogP contribution in [0.4, 0.5) is 0 Å². The Hall–Kier alpha value is 0.130. The zero-order valence-electron chi connectivity index (χ0n) is 6.13. The second-order valence-corrected chi connectivity index (χ2v) is 4.06. The summed E-state index contributed by atoms with van der Waals surface area (Å²) in [5.74, 6) is 0. The lowest BCUT2D eigenvalue weighted by Crippen LogP contribution is -2.39. The Bertz CT molecular complexity index is 201. The number of hydrogen-bond acceptors (Lipinski definition) is 4. The number of halogens is 1. The third-order valence-electron chi connectivity index (χ3n) is 2.77. The van der Waals surface area contributed by atoms with Crippen LogP contribution in [0.25, 0.3) is 0 Å². The minimum atomic E-state index is -0.931. The number of hydrogen-bond donors (Lipinski definition) is 2. The molecule has 2 saturated heterocycles. The summed E-state index contributed by atoms with van der Waals surface area (Å²) in [4.78, 5) is 0. The highest BCUT2D eigenvalue weighted by Crippen LogP contribution is 2.47. The third-order valence-corrected chi connectivity index (χ3v) is 3.28. The van der Waals surface area contributed by atoms with Crippen molar-refractivity contribution in [3.8, 4) is 0 Å². The molecule has 0 unspecified atom stereocenters. The Labute approximate surface area is 74.0 Å². The van der Waals surface area contributed by atoms with Crippen molar-refractivity contribution in [3.05, 3.63) is 0 Å². The average Bonchev–Trinajstić information content (AvgIpc) is 2.87. The lowest BCUT2D eigenvalue weighted by atomic mass is 10.1. The van der Waals surface area contributed by atoms with Crippen molar-refractivity contribution in [2.24, 2.45) is 0 Å². The van der Waals surface area contributed by atoms with E-state index < -0.39 is 17.6 Å². The molecule has 0 radical (unpaired) electrons. The van der Waals surface area contributed by atoms with Crippen LogP contribution < -0.4 is 0 Å². The number of rotatable bonds is 0. The molecule has 7 atom stereocenters. The number of epoxide rings is 2. The SMILES string of the molecule is O[C@@H]1[C@H](O)[C@@H]2O[C@@H]2[C@@H]2O[C@@H]2[C@H]1Cl. The average molecular weight is 193 g/mol. The minimum absolute atomic E-state index is 0.00398. The predicted octanol–water partition coefficient (Wildman–Crippen LogP) is -1.14. The van der Waals surface area contributed by atoms with E-state index in [2.05, 4.69) is 0 Å². The number of aliphatic hydroxyl groups is 2. The summed E-state index contributed by atoms with van der Waals surface area (Å²) < 4.78 is 10.4. The number of alkyl halides is 1. The van der Waals surface area contributed by atoms with Gasteiger partial charge < -0.3 is 19.7 Å². The normalized spacial score (nSPS) is 67.8. The summed E-state index contributed by atoms with van der Waals surface area (Å²) in [6.07, 6.45) is -2.21. The first-order valence-corrected chi connectivity index (χ1v) is 4.45. The van der Waals surface area contributed by atoms with E-state index in [1.54, 1.807) is 0 Å². The summed E-state index contributed by atoms with van der Waals surface area (Å²) in [6, 6.07) is 0. The van der Waals surface area contributed by atoms with Crippen molar-refractivity contribution in [3.63, 3.8) is 0 Å². The molecule has 0 amide bonds. The van der Waals surface area contributed by atoms with E-state index in [4.69, 9.17) is 21.1 Å². The summed E-state index contributed by atoms with van der Waals surface area (Å²) in [5.41, 5.74) is 0. The molecule has 0 aromatic carbocycles. The van der Waals surface area contributed by atoms with E-state index in [-0.39, 0.29) is 24.4 Å². The molecule has 3 aliphatic rings. The molecule has 0 bridgehead atoms. The van der Waals surface area contributed by atoms with Crippen molar-refractivity contribution >= 4 is 11.6 Å². The minimum Gasteiger partial charge on any atom is -0.389 e. The van der Waals surface area contributed by atoms with Crippen LogP contribution in [0.1, 0.15) is 0 Å². The van der Waals surface area contributed by atoms with Gasteiger partial charge in [0.2, 0.25) is 0 Å². The molecule has 5 heteroatoms. The van der Waals surface area contributed by atoms with E-state index in [0.29, 0.717) is 0 Å². The van der Waals surface area contributed by atoms with Crippen molar-refractivity contribution in [2.75, 3.05) is 0 Å². The fraction of sp³-hybridized carbons (Fsp3) is 1.00. The molecule has 3 fully saturated rings. The molecule has 3 rings (SSSR count). The highest BCUT2D eigenvalue weighted by Gasteiger charge is 2.67. The van der Waals surface area contributed by atoms with Gasteiger partial charge in [-0.2, -0.15) is 0 Å². The first-order chi connectivity index (χ1) is 5.70. The van der Waals surface area contributed by atoms with Crippen LogP contribution in [0.3, 0.4) is 0 Å². The molecular formula is C7H9ClO4. The van der Waals surface area contributed by atoms with Gasteiger partial charge in [-0.1, -0.05) is 0 Å². The van der Waals surface area contributed by atoms with Gasteiger partial charge in [-0.05, 0) is 0 Å². The predicted molar refractivity (Wildman–Crippen MR) is 39.0 cm³/mol. The van der Waals surface area contributed by atoms with Crippen LogP contribution in [0.5, 0.6) is 0 Å². The van der Waals surface area contributed by atoms with Crippen LogP contribution in [-0.4, -0.2) is 52.2 Å². The van der Waals surface area contributed by atoms with Gasteiger partial charge >= 0.3 is 0 Å². The first kappa shape index (κ1) is 7.53. The molecule has 1 saturated carbocycles. The second-order valence-electron chi connectivity index (χ2n) is 3.56. The van der Waals surface area contributed by atoms with Gasteiger partial charge in [0.1, 0.15) is 36.6 Å². The van der Waals surface area contributed by atoms with E-state index in [0.717, 1.165) is 0 Å². The fourth-order valence-electron chi connectivity index (χ4n) is 1.91. The molecular weight excluding hydrogens is 184 g/mol. The second kappa shape index (κ2) is 2.13. The largest absolute Gasteiger partial charge is 0.389 e. The van der Waals surface area contributed by atoms with Crippen molar-refractivity contribution in [1.29, 1.82) is 0 Å². The van der Waals surface area contributed by atoms with Crippen molar-refractivity contribution in [1.82, 2.24) is 0 Å². The first-order valence-electron chi connectivity index (χ1n) is 4.01. The van der Waals surface area contributed by atoms with Gasteiger partial charge in [-0.3, -0.25) is 0 Å². The van der Waals surface area contributed by atoms with E-state index in [9.17, 15) is 10.2 Å². The van der Waals surface area contributed by atoms with Crippen LogP contribution in [0.15, 0.2) is 0 Å². The molecule has 2 heterocycles. The van der Waals surface area contributed by atoms with Crippen LogP contribution in [0.2, 0.25) is 0 Å². The molecule has 2 N–H and O–H groups in total. The Morgan fingerprint density at radius 3 is 2.17 bits per heavy atom. The molecule has 12 heavy (non-hydrogen) atoms. The summed E-state index contributed by atoms with van der Waals surface area (Å²) in [5, 5.41) is 18.4. The van der Waals surface area contributed by atoms with Gasteiger partial charge in [-0.25, -0.2) is 0 Å². The van der Waals surface area contributed by atoms with Gasteiger partial charge in [0.05, 0.1) is 5.38 Å². The maximum Gasteiger partial charge on any atom is 0.116 e. The van der Waals surface area contributed by atoms with Crippen molar-refractivity contribution in [2.45, 2.75) is 42.0 Å². The van der Waals surface area contributed by atoms with E-state index in [1.165, 1.54) is 0 Å². The van der Waals surface area contributed by atoms with Crippen LogP contribution in [-0.2, 0) is 9.47 Å². The molecule has 2 aliphatic heterocycles. The van der Waals surface area contributed by atoms with Crippen LogP contribution >= 0.6 is 11.6 Å². The monoisotopic (exact) mass is 192 g/mol. The molecule has 0 aromatic heterocycles. The summed E-state index contributed by atoms with van der Waals surface area (Å²) in [6.45, 7) is 0. The zero-order chi connectivity index (χ0) is 8.46. The van der Waals surface area contributed by atoms with Gasteiger partial charge in [0.15, 0.2) is 0 Å². The van der Waals surface area contributed by atoms with E-state index >= 15 is 0 Å². The highest BCUT2D eigenvalue weighted by molar-refractivity contribution is 6.21. The molecule has 1 aliphatic carbocycles. The van der Waals surface area contributed by atoms with Crippen LogP contribution in [0, 0.1) is 0 Å². The quantitative estimate of drug-likeness (QED) is 0.376. The molecule has 4 nitrogen and oxygen atoms in total.